The lowest BCUT2D eigenvalue weighted by Gasteiger charge is -2.40. The van der Waals surface area contributed by atoms with Crippen LogP contribution in [0.2, 0.25) is 0 Å². The minimum Gasteiger partial charge on any atom is -0.361 e. The molecule has 0 amide bonds. The summed E-state index contributed by atoms with van der Waals surface area (Å²) in [5, 5.41) is 8.79. The van der Waals surface area contributed by atoms with Gasteiger partial charge in [0.2, 0.25) is 0 Å². The molecule has 142 valence electrons. The highest BCUT2D eigenvalue weighted by atomic mass is 16.5. The third-order valence-corrected chi connectivity index (χ3v) is 6.07. The van der Waals surface area contributed by atoms with Crippen LogP contribution in [0.3, 0.4) is 0 Å². The van der Waals surface area contributed by atoms with Gasteiger partial charge in [-0.25, -0.2) is 0 Å². The van der Waals surface area contributed by atoms with Crippen LogP contribution in [0.1, 0.15) is 54.3 Å². The van der Waals surface area contributed by atoms with Crippen molar-refractivity contribution in [1.29, 1.82) is 0 Å². The van der Waals surface area contributed by atoms with E-state index in [9.17, 15) is 0 Å². The minimum atomic E-state index is 0.450. The summed E-state index contributed by atoms with van der Waals surface area (Å²) in [4.78, 5) is 4.93. The fourth-order valence-electron chi connectivity index (χ4n) is 4.86. The number of hydrogen-bond donors (Lipinski definition) is 0. The molecule has 2 aliphatic rings. The van der Waals surface area contributed by atoms with Crippen molar-refractivity contribution in [2.75, 3.05) is 27.2 Å². The van der Waals surface area contributed by atoms with Crippen molar-refractivity contribution in [1.82, 2.24) is 24.7 Å². The molecule has 6 nitrogen and oxygen atoms in total. The lowest BCUT2D eigenvalue weighted by Crippen LogP contribution is -2.40. The van der Waals surface area contributed by atoms with Gasteiger partial charge < -0.3 is 9.42 Å². The van der Waals surface area contributed by atoms with Gasteiger partial charge in [0.1, 0.15) is 11.5 Å². The quantitative estimate of drug-likeness (QED) is 0.824. The summed E-state index contributed by atoms with van der Waals surface area (Å²) in [7, 11) is 6.47. The van der Waals surface area contributed by atoms with Gasteiger partial charge in [0.25, 0.3) is 0 Å². The van der Waals surface area contributed by atoms with Crippen molar-refractivity contribution < 1.29 is 4.52 Å². The van der Waals surface area contributed by atoms with Crippen LogP contribution in [-0.4, -0.2) is 51.9 Å². The van der Waals surface area contributed by atoms with Crippen LogP contribution in [-0.2, 0) is 26.4 Å². The molecule has 2 aromatic heterocycles. The Morgan fingerprint density at radius 2 is 2.08 bits per heavy atom. The predicted molar refractivity (Wildman–Crippen MR) is 101 cm³/mol. The van der Waals surface area contributed by atoms with Crippen LogP contribution in [0.15, 0.2) is 16.9 Å². The lowest BCUT2D eigenvalue weighted by molar-refractivity contribution is 0.0919. The van der Waals surface area contributed by atoms with E-state index in [1.807, 2.05) is 17.9 Å². The maximum atomic E-state index is 5.59. The van der Waals surface area contributed by atoms with Gasteiger partial charge >= 0.3 is 0 Å². The number of aromatic nitrogens is 3. The van der Waals surface area contributed by atoms with Gasteiger partial charge in [-0.2, -0.15) is 5.10 Å². The van der Waals surface area contributed by atoms with Crippen molar-refractivity contribution in [3.63, 3.8) is 0 Å². The third-order valence-electron chi connectivity index (χ3n) is 6.07. The van der Waals surface area contributed by atoms with E-state index in [4.69, 9.17) is 4.52 Å². The Balaban J connectivity index is 1.45. The molecule has 1 fully saturated rings. The largest absolute Gasteiger partial charge is 0.361 e. The Morgan fingerprint density at radius 1 is 1.23 bits per heavy atom. The summed E-state index contributed by atoms with van der Waals surface area (Å²) in [5.74, 6) is 1.75. The van der Waals surface area contributed by atoms with Gasteiger partial charge in [0.05, 0.1) is 6.20 Å². The predicted octanol–water partition coefficient (Wildman–Crippen LogP) is 2.80. The van der Waals surface area contributed by atoms with E-state index in [2.05, 4.69) is 40.3 Å². The number of hydrogen-bond acceptors (Lipinski definition) is 5. The van der Waals surface area contributed by atoms with Gasteiger partial charge in [0, 0.05) is 49.9 Å². The third kappa shape index (κ3) is 3.58. The fourth-order valence-corrected chi connectivity index (χ4v) is 4.86. The first-order chi connectivity index (χ1) is 12.6. The van der Waals surface area contributed by atoms with Crippen LogP contribution in [0, 0.1) is 5.92 Å². The molecule has 0 radical (unpaired) electrons. The molecule has 6 heteroatoms. The van der Waals surface area contributed by atoms with Crippen LogP contribution in [0.4, 0.5) is 0 Å². The first-order valence-electron chi connectivity index (χ1n) is 9.95. The molecule has 0 unspecified atom stereocenters. The Labute approximate surface area is 156 Å². The van der Waals surface area contributed by atoms with Crippen molar-refractivity contribution >= 4 is 0 Å². The molecular weight excluding hydrogens is 326 g/mol. The molecule has 0 saturated carbocycles. The second kappa shape index (κ2) is 7.53. The van der Waals surface area contributed by atoms with Crippen molar-refractivity contribution in [3.8, 4) is 0 Å². The van der Waals surface area contributed by atoms with Crippen LogP contribution < -0.4 is 0 Å². The smallest absolute Gasteiger partial charge is 0.140 e. The molecule has 26 heavy (non-hydrogen) atoms. The van der Waals surface area contributed by atoms with Crippen molar-refractivity contribution in [2.24, 2.45) is 13.0 Å². The zero-order chi connectivity index (χ0) is 18.1. The van der Waals surface area contributed by atoms with Crippen molar-refractivity contribution in [3.05, 3.63) is 35.0 Å². The zero-order valence-corrected chi connectivity index (χ0v) is 16.3. The number of rotatable bonds is 5. The molecule has 0 N–H and O–H groups in total. The standard InChI is InChI=1S/C20H31N5O/c1-23(14-18-17-8-4-5-9-19(17)26-22-18)12-15-7-6-10-24(2)20(15)16-11-21-25(3)13-16/h11,13,15,20H,4-10,12,14H2,1-3H3/t15-,20+/m0/s1. The number of piperidine rings is 1. The van der Waals surface area contributed by atoms with Gasteiger partial charge in [-0.15, -0.1) is 0 Å². The highest BCUT2D eigenvalue weighted by molar-refractivity contribution is 5.25. The fraction of sp³-hybridized carbons (Fsp3) is 0.700. The topological polar surface area (TPSA) is 50.3 Å². The van der Waals surface area contributed by atoms with E-state index >= 15 is 0 Å². The second-order valence-electron chi connectivity index (χ2n) is 8.21. The number of aryl methyl sites for hydroxylation is 2. The summed E-state index contributed by atoms with van der Waals surface area (Å²) in [6.07, 6.45) is 11.4. The van der Waals surface area contributed by atoms with E-state index in [1.54, 1.807) is 0 Å². The monoisotopic (exact) mass is 357 g/mol. The summed E-state index contributed by atoms with van der Waals surface area (Å²) < 4.78 is 7.51. The van der Waals surface area contributed by atoms with E-state index in [-0.39, 0.29) is 0 Å². The SMILES string of the molecule is CN(Cc1noc2c1CCCC2)C[C@@H]1CCCN(C)[C@H]1c1cnn(C)c1. The molecular formula is C20H31N5O. The highest BCUT2D eigenvalue weighted by Crippen LogP contribution is 2.35. The molecule has 1 saturated heterocycles. The Kier molecular flexibility index (Phi) is 5.14. The van der Waals surface area contributed by atoms with E-state index in [0.29, 0.717) is 12.0 Å². The van der Waals surface area contributed by atoms with E-state index in [1.165, 1.54) is 36.8 Å². The maximum absolute atomic E-state index is 5.59. The minimum absolute atomic E-state index is 0.450. The van der Waals surface area contributed by atoms with Crippen molar-refractivity contribution in [2.45, 2.75) is 51.1 Å². The molecule has 2 aromatic rings. The van der Waals surface area contributed by atoms with Crippen LogP contribution >= 0.6 is 0 Å². The average molecular weight is 358 g/mol. The Hall–Kier alpha value is -1.66. The van der Waals surface area contributed by atoms with Crippen LogP contribution in [0.25, 0.3) is 0 Å². The molecule has 4 rings (SSSR count). The maximum Gasteiger partial charge on any atom is 0.140 e. The van der Waals surface area contributed by atoms with Gasteiger partial charge in [0.15, 0.2) is 0 Å². The van der Waals surface area contributed by atoms with Gasteiger partial charge in [-0.3, -0.25) is 9.58 Å². The Morgan fingerprint density at radius 3 is 2.88 bits per heavy atom. The lowest BCUT2D eigenvalue weighted by atomic mass is 9.85. The number of likely N-dealkylation sites (tertiary alicyclic amines) is 1. The normalized spacial score (nSPS) is 24.2. The first kappa shape index (κ1) is 17.7. The molecule has 3 heterocycles. The van der Waals surface area contributed by atoms with Gasteiger partial charge in [-0.05, 0) is 58.7 Å². The number of nitrogens with zero attached hydrogens (tertiary/aromatic N) is 5. The van der Waals surface area contributed by atoms with Gasteiger partial charge in [-0.1, -0.05) is 5.16 Å². The summed E-state index contributed by atoms with van der Waals surface area (Å²) in [6, 6.07) is 0.450. The molecule has 1 aliphatic carbocycles. The molecule has 1 aliphatic heterocycles. The second-order valence-corrected chi connectivity index (χ2v) is 8.21. The first-order valence-corrected chi connectivity index (χ1v) is 9.95. The van der Waals surface area contributed by atoms with E-state index < -0.39 is 0 Å². The molecule has 0 spiro atoms. The molecule has 0 bridgehead atoms. The highest BCUT2D eigenvalue weighted by Gasteiger charge is 2.32. The Bertz CT molecular complexity index is 736. The summed E-state index contributed by atoms with van der Waals surface area (Å²) >= 11 is 0. The molecule has 2 atom stereocenters. The van der Waals surface area contributed by atoms with E-state index in [0.717, 1.165) is 43.9 Å². The number of fused-ring (bicyclic) bond motifs is 1. The zero-order valence-electron chi connectivity index (χ0n) is 16.3. The summed E-state index contributed by atoms with van der Waals surface area (Å²) in [5.41, 5.74) is 3.88. The average Bonchev–Trinajstić information content (AvgIpc) is 3.22. The molecule has 0 aromatic carbocycles. The summed E-state index contributed by atoms with van der Waals surface area (Å²) in [6.45, 7) is 3.13. The van der Waals surface area contributed by atoms with Crippen LogP contribution in [0.5, 0.6) is 0 Å².